The van der Waals surface area contributed by atoms with Crippen LogP contribution in [0, 0.1) is 17.2 Å². The molecule has 0 aromatic heterocycles. The monoisotopic (exact) mass is 332 g/mol. The van der Waals surface area contributed by atoms with Gasteiger partial charge in [-0.15, -0.1) is 0 Å². The van der Waals surface area contributed by atoms with Gasteiger partial charge in [0.05, 0.1) is 0 Å². The molecule has 0 radical (unpaired) electrons. The van der Waals surface area contributed by atoms with Crippen LogP contribution >= 0.6 is 0 Å². The highest BCUT2D eigenvalue weighted by molar-refractivity contribution is 6.07. The Morgan fingerprint density at radius 2 is 1.72 bits per heavy atom. The van der Waals surface area contributed by atoms with Gasteiger partial charge in [-0.1, -0.05) is 49.4 Å². The van der Waals surface area contributed by atoms with Crippen molar-refractivity contribution in [1.82, 2.24) is 0 Å². The normalized spacial score (nSPS) is 15.7. The van der Waals surface area contributed by atoms with E-state index in [0.29, 0.717) is 5.69 Å². The van der Waals surface area contributed by atoms with Gasteiger partial charge in [-0.3, -0.25) is 4.79 Å². The lowest BCUT2D eigenvalue weighted by Gasteiger charge is -2.13. The number of aliphatic hydroxyl groups is 1. The van der Waals surface area contributed by atoms with E-state index < -0.39 is 5.91 Å². The summed E-state index contributed by atoms with van der Waals surface area (Å²) in [7, 11) is 0. The maximum absolute atomic E-state index is 12.2. The van der Waals surface area contributed by atoms with Gasteiger partial charge in [-0.25, -0.2) is 0 Å². The number of nitriles is 1. The van der Waals surface area contributed by atoms with Crippen LogP contribution < -0.4 is 5.32 Å². The average molecular weight is 332 g/mol. The van der Waals surface area contributed by atoms with E-state index >= 15 is 0 Å². The van der Waals surface area contributed by atoms with Crippen LogP contribution in [-0.2, 0) is 4.79 Å². The molecule has 0 aliphatic heterocycles. The number of nitrogens with one attached hydrogen (secondary N) is 1. The molecule has 126 valence electrons. The maximum Gasteiger partial charge on any atom is 0.269 e. The molecule has 1 atom stereocenters. The minimum atomic E-state index is -0.559. The third kappa shape index (κ3) is 3.89. The second-order valence-corrected chi connectivity index (χ2v) is 6.35. The summed E-state index contributed by atoms with van der Waals surface area (Å²) in [6.45, 7) is 2.13. The predicted molar refractivity (Wildman–Crippen MR) is 97.0 cm³/mol. The van der Waals surface area contributed by atoms with Gasteiger partial charge in [0.25, 0.3) is 5.91 Å². The zero-order valence-corrected chi connectivity index (χ0v) is 14.1. The van der Waals surface area contributed by atoms with E-state index in [1.807, 2.05) is 48.5 Å². The molecular formula is C21H20N2O2. The second-order valence-electron chi connectivity index (χ2n) is 6.35. The third-order valence-corrected chi connectivity index (χ3v) is 4.53. The van der Waals surface area contributed by atoms with Gasteiger partial charge in [0.1, 0.15) is 11.8 Å². The molecule has 1 aliphatic carbocycles. The smallest absolute Gasteiger partial charge is 0.269 e. The van der Waals surface area contributed by atoms with Crippen molar-refractivity contribution in [3.05, 3.63) is 77.1 Å². The Labute approximate surface area is 147 Å². The highest BCUT2D eigenvalue weighted by Gasteiger charge is 2.30. The number of rotatable bonds is 5. The molecule has 25 heavy (non-hydrogen) atoms. The quantitative estimate of drug-likeness (QED) is 0.480. The molecule has 0 spiro atoms. The molecule has 1 fully saturated rings. The molecule has 4 heteroatoms. The molecular weight excluding hydrogens is 312 g/mol. The Hall–Kier alpha value is -3.06. The number of amides is 1. The van der Waals surface area contributed by atoms with Gasteiger partial charge < -0.3 is 10.4 Å². The summed E-state index contributed by atoms with van der Waals surface area (Å²) in [6, 6.07) is 19.6. The number of hydrogen-bond acceptors (Lipinski definition) is 3. The summed E-state index contributed by atoms with van der Waals surface area (Å²) in [5.41, 5.74) is 2.78. The lowest BCUT2D eigenvalue weighted by Crippen LogP contribution is -2.16. The van der Waals surface area contributed by atoms with E-state index in [-0.39, 0.29) is 23.2 Å². The van der Waals surface area contributed by atoms with Crippen LogP contribution in [0.5, 0.6) is 0 Å². The highest BCUT2D eigenvalue weighted by Crippen LogP contribution is 2.36. The summed E-state index contributed by atoms with van der Waals surface area (Å²) in [5.74, 6) is -0.431. The SMILES string of the molecule is CC(c1ccccc1)c1ccc(NC(=O)/C(C#N)=C(\O)C2CC2)cc1. The van der Waals surface area contributed by atoms with Crippen molar-refractivity contribution in [3.63, 3.8) is 0 Å². The van der Waals surface area contributed by atoms with E-state index in [4.69, 9.17) is 5.26 Å². The first-order valence-electron chi connectivity index (χ1n) is 8.39. The first-order valence-corrected chi connectivity index (χ1v) is 8.39. The highest BCUT2D eigenvalue weighted by atomic mass is 16.3. The molecule has 2 N–H and O–H groups in total. The standard InChI is InChI=1S/C21H20N2O2/c1-14(15-5-3-2-4-6-15)16-9-11-18(12-10-16)23-21(25)19(13-22)20(24)17-7-8-17/h2-6,9-12,14,17,24H,7-8H2,1H3,(H,23,25)/b20-19-. The van der Waals surface area contributed by atoms with Crippen LogP contribution in [0.25, 0.3) is 0 Å². The van der Waals surface area contributed by atoms with Crippen molar-refractivity contribution in [1.29, 1.82) is 5.26 Å². The Balaban J connectivity index is 1.71. The first-order chi connectivity index (χ1) is 12.1. The molecule has 0 bridgehead atoms. The predicted octanol–water partition coefficient (Wildman–Crippen LogP) is 4.52. The van der Waals surface area contributed by atoms with E-state index in [1.54, 1.807) is 0 Å². The van der Waals surface area contributed by atoms with Gasteiger partial charge in [0.2, 0.25) is 0 Å². The van der Waals surface area contributed by atoms with Crippen molar-refractivity contribution in [3.8, 4) is 6.07 Å². The number of allylic oxidation sites excluding steroid dienone is 1. The van der Waals surface area contributed by atoms with E-state index in [0.717, 1.165) is 18.4 Å². The van der Waals surface area contributed by atoms with Gasteiger partial charge in [0.15, 0.2) is 5.57 Å². The van der Waals surface area contributed by atoms with Crippen LogP contribution in [0.4, 0.5) is 5.69 Å². The molecule has 1 unspecified atom stereocenters. The summed E-state index contributed by atoms with van der Waals surface area (Å²) in [5, 5.41) is 21.8. The minimum absolute atomic E-state index is 0.0329. The molecule has 2 aromatic rings. The molecule has 1 saturated carbocycles. The molecule has 0 heterocycles. The van der Waals surface area contributed by atoms with Crippen LogP contribution in [0.2, 0.25) is 0 Å². The number of carbonyl (C=O) groups excluding carboxylic acids is 1. The summed E-state index contributed by atoms with van der Waals surface area (Å²) < 4.78 is 0. The van der Waals surface area contributed by atoms with Crippen molar-refractivity contribution < 1.29 is 9.90 Å². The lowest BCUT2D eigenvalue weighted by molar-refractivity contribution is -0.112. The fourth-order valence-corrected chi connectivity index (χ4v) is 2.77. The third-order valence-electron chi connectivity index (χ3n) is 4.53. The van der Waals surface area contributed by atoms with Crippen molar-refractivity contribution >= 4 is 11.6 Å². The largest absolute Gasteiger partial charge is 0.510 e. The second kappa shape index (κ2) is 7.23. The zero-order chi connectivity index (χ0) is 17.8. The number of carbonyl (C=O) groups is 1. The number of benzene rings is 2. The van der Waals surface area contributed by atoms with E-state index in [9.17, 15) is 9.90 Å². The Bertz CT molecular complexity index is 828. The Morgan fingerprint density at radius 3 is 2.28 bits per heavy atom. The average Bonchev–Trinajstić information content (AvgIpc) is 3.48. The molecule has 4 nitrogen and oxygen atoms in total. The van der Waals surface area contributed by atoms with Crippen molar-refractivity contribution in [2.75, 3.05) is 5.32 Å². The lowest BCUT2D eigenvalue weighted by atomic mass is 9.93. The van der Waals surface area contributed by atoms with Crippen LogP contribution in [0.1, 0.15) is 36.8 Å². The van der Waals surface area contributed by atoms with Gasteiger partial charge in [-0.05, 0) is 36.1 Å². The van der Waals surface area contributed by atoms with Crippen LogP contribution in [0.15, 0.2) is 65.9 Å². The fraction of sp³-hybridized carbons (Fsp3) is 0.238. The fourth-order valence-electron chi connectivity index (χ4n) is 2.77. The zero-order valence-electron chi connectivity index (χ0n) is 14.1. The molecule has 3 rings (SSSR count). The van der Waals surface area contributed by atoms with Crippen molar-refractivity contribution in [2.45, 2.75) is 25.7 Å². The molecule has 1 amide bonds. The Morgan fingerprint density at radius 1 is 1.12 bits per heavy atom. The van der Waals surface area contributed by atoms with Crippen LogP contribution in [-0.4, -0.2) is 11.0 Å². The van der Waals surface area contributed by atoms with E-state index in [2.05, 4.69) is 24.4 Å². The number of nitrogens with zero attached hydrogens (tertiary/aromatic N) is 1. The molecule has 1 aliphatic rings. The minimum Gasteiger partial charge on any atom is -0.510 e. The number of hydrogen-bond donors (Lipinski definition) is 2. The summed E-state index contributed by atoms with van der Waals surface area (Å²) >= 11 is 0. The summed E-state index contributed by atoms with van der Waals surface area (Å²) in [4.78, 5) is 12.2. The topological polar surface area (TPSA) is 73.1 Å². The number of anilines is 1. The maximum atomic E-state index is 12.2. The first kappa shape index (κ1) is 16.8. The van der Waals surface area contributed by atoms with E-state index in [1.165, 1.54) is 5.56 Å². The molecule has 0 saturated heterocycles. The van der Waals surface area contributed by atoms with Crippen molar-refractivity contribution in [2.24, 2.45) is 5.92 Å². The van der Waals surface area contributed by atoms with Crippen LogP contribution in [0.3, 0.4) is 0 Å². The Kier molecular flexibility index (Phi) is 4.85. The van der Waals surface area contributed by atoms with Gasteiger partial charge >= 0.3 is 0 Å². The van der Waals surface area contributed by atoms with Gasteiger partial charge in [-0.2, -0.15) is 5.26 Å². The van der Waals surface area contributed by atoms with Gasteiger partial charge in [0, 0.05) is 17.5 Å². The molecule has 2 aromatic carbocycles. The summed E-state index contributed by atoms with van der Waals surface area (Å²) in [6.07, 6.45) is 1.66. The number of aliphatic hydroxyl groups excluding tert-OH is 1.